The molecule has 2 aromatic carbocycles. The van der Waals surface area contributed by atoms with Crippen molar-refractivity contribution in [1.82, 2.24) is 5.32 Å². The maximum Gasteiger partial charge on any atom is 0.243 e. The van der Waals surface area contributed by atoms with Crippen LogP contribution in [0.5, 0.6) is 17.2 Å². The van der Waals surface area contributed by atoms with Crippen LogP contribution in [0.2, 0.25) is 0 Å². The topological polar surface area (TPSA) is 94.2 Å². The molecule has 1 aliphatic rings. The van der Waals surface area contributed by atoms with Gasteiger partial charge in [0.15, 0.2) is 11.5 Å². The van der Waals surface area contributed by atoms with Crippen molar-refractivity contribution < 1.29 is 27.4 Å². The smallest absolute Gasteiger partial charge is 0.243 e. The Morgan fingerprint density at radius 3 is 2.47 bits per heavy atom. The number of hydrogen-bond donors (Lipinski definition) is 1. The third kappa shape index (κ3) is 5.35. The molecule has 0 aromatic heterocycles. The Hall–Kier alpha value is -2.94. The number of carbonyl (C=O) groups is 1. The zero-order valence-electron chi connectivity index (χ0n) is 17.3. The van der Waals surface area contributed by atoms with Gasteiger partial charge in [-0.3, -0.25) is 9.10 Å². The molecule has 1 amide bonds. The quantitative estimate of drug-likeness (QED) is 0.640. The first kappa shape index (κ1) is 21.8. The van der Waals surface area contributed by atoms with Crippen molar-refractivity contribution in [2.75, 3.05) is 36.9 Å². The summed E-state index contributed by atoms with van der Waals surface area (Å²) in [5, 5.41) is 2.72. The fourth-order valence-electron chi connectivity index (χ4n) is 3.10. The van der Waals surface area contributed by atoms with E-state index in [9.17, 15) is 13.2 Å². The Balaban J connectivity index is 1.64. The van der Waals surface area contributed by atoms with Crippen LogP contribution in [0.3, 0.4) is 0 Å². The zero-order valence-corrected chi connectivity index (χ0v) is 18.1. The Morgan fingerprint density at radius 2 is 1.80 bits per heavy atom. The lowest BCUT2D eigenvalue weighted by atomic mass is 10.2. The summed E-state index contributed by atoms with van der Waals surface area (Å²) < 4.78 is 42.5. The number of hydrogen-bond acceptors (Lipinski definition) is 6. The predicted molar refractivity (Wildman–Crippen MR) is 114 cm³/mol. The molecular formula is C21H26N2O6S. The minimum atomic E-state index is -3.72. The molecule has 0 fully saturated rings. The molecule has 0 saturated carbocycles. The molecule has 1 N–H and O–H groups in total. The standard InChI is InChI=1S/C21H26N2O6S/c1-15-4-7-18(8-5-15)27-11-10-22-21(24)16(2)23(30(3,25)26)17-6-9-19-20(14-17)29-13-12-28-19/h4-9,14,16H,10-13H2,1-3H3,(H,22,24)/t16-/m1/s1. The van der Waals surface area contributed by atoms with E-state index < -0.39 is 22.0 Å². The summed E-state index contributed by atoms with van der Waals surface area (Å²) in [6.07, 6.45) is 1.06. The third-order valence-electron chi connectivity index (χ3n) is 4.56. The number of sulfonamides is 1. The minimum absolute atomic E-state index is 0.246. The molecule has 1 heterocycles. The highest BCUT2D eigenvalue weighted by Crippen LogP contribution is 2.35. The van der Waals surface area contributed by atoms with Gasteiger partial charge in [-0.05, 0) is 38.1 Å². The highest BCUT2D eigenvalue weighted by Gasteiger charge is 2.30. The van der Waals surface area contributed by atoms with Gasteiger partial charge in [0.25, 0.3) is 0 Å². The van der Waals surface area contributed by atoms with Crippen molar-refractivity contribution in [2.45, 2.75) is 19.9 Å². The van der Waals surface area contributed by atoms with Crippen molar-refractivity contribution in [1.29, 1.82) is 0 Å². The van der Waals surface area contributed by atoms with E-state index in [1.165, 1.54) is 6.92 Å². The SMILES string of the molecule is Cc1ccc(OCCNC(=O)[C@@H](C)N(c2ccc3c(c2)OCCO3)S(C)(=O)=O)cc1. The number of carbonyl (C=O) groups excluding carboxylic acids is 1. The van der Waals surface area contributed by atoms with Gasteiger partial charge in [-0.2, -0.15) is 0 Å². The molecular weight excluding hydrogens is 408 g/mol. The van der Waals surface area contributed by atoms with Gasteiger partial charge >= 0.3 is 0 Å². The first-order chi connectivity index (χ1) is 14.3. The molecule has 8 nitrogen and oxygen atoms in total. The van der Waals surface area contributed by atoms with E-state index in [0.717, 1.165) is 16.1 Å². The molecule has 2 aromatic rings. The van der Waals surface area contributed by atoms with Crippen LogP contribution in [0.4, 0.5) is 5.69 Å². The van der Waals surface area contributed by atoms with Crippen LogP contribution in [0.1, 0.15) is 12.5 Å². The molecule has 0 spiro atoms. The van der Waals surface area contributed by atoms with E-state index in [1.807, 2.05) is 31.2 Å². The fourth-order valence-corrected chi connectivity index (χ4v) is 4.27. The van der Waals surface area contributed by atoms with E-state index in [0.29, 0.717) is 36.1 Å². The van der Waals surface area contributed by atoms with Gasteiger partial charge in [-0.1, -0.05) is 17.7 Å². The number of nitrogens with zero attached hydrogens (tertiary/aromatic N) is 1. The number of rotatable bonds is 8. The highest BCUT2D eigenvalue weighted by molar-refractivity contribution is 7.92. The van der Waals surface area contributed by atoms with Crippen LogP contribution >= 0.6 is 0 Å². The number of ether oxygens (including phenoxy) is 3. The van der Waals surface area contributed by atoms with Crippen LogP contribution in [0.15, 0.2) is 42.5 Å². The van der Waals surface area contributed by atoms with Gasteiger partial charge in [-0.25, -0.2) is 8.42 Å². The van der Waals surface area contributed by atoms with Crippen LogP contribution in [-0.2, 0) is 14.8 Å². The van der Waals surface area contributed by atoms with Gasteiger partial charge in [0.05, 0.1) is 18.5 Å². The molecule has 0 radical (unpaired) electrons. The second-order valence-corrected chi connectivity index (χ2v) is 8.87. The summed E-state index contributed by atoms with van der Waals surface area (Å²) >= 11 is 0. The maximum atomic E-state index is 12.6. The molecule has 1 atom stereocenters. The molecule has 0 saturated heterocycles. The van der Waals surface area contributed by atoms with Crippen molar-refractivity contribution in [3.63, 3.8) is 0 Å². The predicted octanol–water partition coefficient (Wildman–Crippen LogP) is 2.12. The molecule has 3 rings (SSSR count). The Bertz CT molecular complexity index is 991. The van der Waals surface area contributed by atoms with Crippen molar-refractivity contribution >= 4 is 21.6 Å². The lowest BCUT2D eigenvalue weighted by molar-refractivity contribution is -0.121. The first-order valence-electron chi connectivity index (χ1n) is 9.62. The Morgan fingerprint density at radius 1 is 1.13 bits per heavy atom. The molecule has 0 aliphatic carbocycles. The average Bonchev–Trinajstić information content (AvgIpc) is 2.71. The summed E-state index contributed by atoms with van der Waals surface area (Å²) in [7, 11) is -3.72. The summed E-state index contributed by atoms with van der Waals surface area (Å²) in [5.41, 5.74) is 1.46. The molecule has 0 bridgehead atoms. The number of aryl methyl sites for hydroxylation is 1. The van der Waals surface area contributed by atoms with Crippen LogP contribution in [0, 0.1) is 6.92 Å². The zero-order chi connectivity index (χ0) is 21.7. The summed E-state index contributed by atoms with van der Waals surface area (Å²) in [4.78, 5) is 12.6. The Labute approximate surface area is 176 Å². The molecule has 1 aliphatic heterocycles. The second-order valence-electron chi connectivity index (χ2n) is 7.02. The number of amides is 1. The lowest BCUT2D eigenvalue weighted by Gasteiger charge is -2.29. The highest BCUT2D eigenvalue weighted by atomic mass is 32.2. The molecule has 9 heteroatoms. The average molecular weight is 435 g/mol. The van der Waals surface area contributed by atoms with Gasteiger partial charge in [0.2, 0.25) is 15.9 Å². The van der Waals surface area contributed by atoms with Gasteiger partial charge in [-0.15, -0.1) is 0 Å². The van der Waals surface area contributed by atoms with Crippen molar-refractivity contribution in [2.24, 2.45) is 0 Å². The van der Waals surface area contributed by atoms with Crippen LogP contribution in [0.25, 0.3) is 0 Å². The van der Waals surface area contributed by atoms with Gasteiger partial charge in [0, 0.05) is 6.07 Å². The normalized spacial score (nSPS) is 14.0. The number of fused-ring (bicyclic) bond motifs is 1. The number of nitrogens with one attached hydrogen (secondary N) is 1. The van der Waals surface area contributed by atoms with E-state index in [1.54, 1.807) is 18.2 Å². The maximum absolute atomic E-state index is 12.6. The second kappa shape index (κ2) is 9.25. The van der Waals surface area contributed by atoms with Gasteiger partial charge < -0.3 is 19.5 Å². The summed E-state index contributed by atoms with van der Waals surface area (Å²) in [6.45, 7) is 4.85. The summed E-state index contributed by atoms with van der Waals surface area (Å²) in [5.74, 6) is 1.27. The first-order valence-corrected chi connectivity index (χ1v) is 11.5. The monoisotopic (exact) mass is 434 g/mol. The molecule has 162 valence electrons. The fraction of sp³-hybridized carbons (Fsp3) is 0.381. The largest absolute Gasteiger partial charge is 0.492 e. The number of benzene rings is 2. The van der Waals surface area contributed by atoms with Crippen molar-refractivity contribution in [3.8, 4) is 17.2 Å². The van der Waals surface area contributed by atoms with Crippen LogP contribution < -0.4 is 23.8 Å². The minimum Gasteiger partial charge on any atom is -0.492 e. The molecule has 30 heavy (non-hydrogen) atoms. The van der Waals surface area contributed by atoms with Gasteiger partial charge in [0.1, 0.15) is 31.6 Å². The molecule has 0 unspecified atom stereocenters. The van der Waals surface area contributed by atoms with E-state index in [-0.39, 0.29) is 13.2 Å². The summed E-state index contributed by atoms with van der Waals surface area (Å²) in [6, 6.07) is 11.4. The van der Waals surface area contributed by atoms with E-state index in [4.69, 9.17) is 14.2 Å². The third-order valence-corrected chi connectivity index (χ3v) is 5.80. The number of anilines is 1. The van der Waals surface area contributed by atoms with E-state index >= 15 is 0 Å². The Kier molecular flexibility index (Phi) is 6.71. The lowest BCUT2D eigenvalue weighted by Crippen LogP contribution is -2.48. The van der Waals surface area contributed by atoms with Crippen molar-refractivity contribution in [3.05, 3.63) is 48.0 Å². The van der Waals surface area contributed by atoms with E-state index in [2.05, 4.69) is 5.32 Å². The van der Waals surface area contributed by atoms with Crippen LogP contribution in [-0.4, -0.2) is 53.0 Å².